The molecule has 1 aliphatic heterocycles. The molecule has 0 fully saturated rings. The Kier molecular flexibility index (Phi) is 1.38. The van der Waals surface area contributed by atoms with Gasteiger partial charge in [0.1, 0.15) is 0 Å². The molecule has 1 heteroatoms. The SMILES string of the molecule is CC1=C[N]CC(C)=C1. The predicted octanol–water partition coefficient (Wildman–Crippen LogP) is 1.45. The Labute approximate surface area is 50.1 Å². The van der Waals surface area contributed by atoms with Gasteiger partial charge >= 0.3 is 0 Å². The molecule has 0 aliphatic carbocycles. The molecule has 1 heterocycles. The topological polar surface area (TPSA) is 14.1 Å². The first kappa shape index (κ1) is 5.42. The van der Waals surface area contributed by atoms with E-state index in [1.165, 1.54) is 11.1 Å². The molecule has 0 saturated carbocycles. The molecule has 1 aliphatic rings. The van der Waals surface area contributed by atoms with E-state index in [1.54, 1.807) is 0 Å². The van der Waals surface area contributed by atoms with Gasteiger partial charge in [0.05, 0.1) is 6.54 Å². The fraction of sp³-hybridized carbons (Fsp3) is 0.429. The Balaban J connectivity index is 2.69. The first-order valence-corrected chi connectivity index (χ1v) is 2.79. The van der Waals surface area contributed by atoms with Gasteiger partial charge in [0.2, 0.25) is 0 Å². The van der Waals surface area contributed by atoms with E-state index in [0.29, 0.717) is 0 Å². The molecule has 1 radical (unpaired) electrons. The average Bonchev–Trinajstić information content (AvgIpc) is 1.64. The van der Waals surface area contributed by atoms with Gasteiger partial charge in [0.15, 0.2) is 0 Å². The van der Waals surface area contributed by atoms with Crippen LogP contribution in [-0.2, 0) is 0 Å². The van der Waals surface area contributed by atoms with E-state index in [-0.39, 0.29) is 0 Å². The molecular formula is C7H10N. The van der Waals surface area contributed by atoms with Gasteiger partial charge in [-0.15, -0.1) is 0 Å². The van der Waals surface area contributed by atoms with Gasteiger partial charge in [-0.25, -0.2) is 0 Å². The zero-order valence-corrected chi connectivity index (χ0v) is 5.31. The first-order chi connectivity index (χ1) is 3.79. The van der Waals surface area contributed by atoms with Crippen molar-refractivity contribution in [2.75, 3.05) is 6.54 Å². The van der Waals surface area contributed by atoms with Crippen molar-refractivity contribution in [2.45, 2.75) is 13.8 Å². The Hall–Kier alpha value is -0.720. The van der Waals surface area contributed by atoms with Gasteiger partial charge in [0, 0.05) is 6.20 Å². The molecular weight excluding hydrogens is 98.1 g/mol. The summed E-state index contributed by atoms with van der Waals surface area (Å²) in [6.45, 7) is 5.05. The lowest BCUT2D eigenvalue weighted by Crippen LogP contribution is -2.04. The minimum absolute atomic E-state index is 0.886. The third-order valence-electron chi connectivity index (χ3n) is 1.11. The summed E-state index contributed by atoms with van der Waals surface area (Å²) < 4.78 is 0. The number of allylic oxidation sites excluding steroid dienone is 2. The van der Waals surface area contributed by atoms with Crippen LogP contribution in [0.25, 0.3) is 0 Å². The summed E-state index contributed by atoms with van der Waals surface area (Å²) >= 11 is 0. The van der Waals surface area contributed by atoms with Crippen LogP contribution in [-0.4, -0.2) is 6.54 Å². The Morgan fingerprint density at radius 1 is 1.50 bits per heavy atom. The minimum atomic E-state index is 0.886. The molecule has 8 heavy (non-hydrogen) atoms. The normalized spacial score (nSPS) is 18.8. The lowest BCUT2D eigenvalue weighted by Gasteiger charge is -2.05. The molecule has 0 aromatic carbocycles. The Morgan fingerprint density at radius 2 is 2.25 bits per heavy atom. The van der Waals surface area contributed by atoms with E-state index in [9.17, 15) is 0 Å². The van der Waals surface area contributed by atoms with E-state index in [0.717, 1.165) is 6.54 Å². The summed E-state index contributed by atoms with van der Waals surface area (Å²) in [5.41, 5.74) is 2.61. The van der Waals surface area contributed by atoms with Crippen LogP contribution in [0.5, 0.6) is 0 Å². The van der Waals surface area contributed by atoms with Crippen molar-refractivity contribution >= 4 is 0 Å². The maximum absolute atomic E-state index is 4.11. The van der Waals surface area contributed by atoms with E-state index in [4.69, 9.17) is 0 Å². The molecule has 0 saturated heterocycles. The molecule has 0 unspecified atom stereocenters. The van der Waals surface area contributed by atoms with E-state index in [1.807, 2.05) is 6.20 Å². The third kappa shape index (κ3) is 1.12. The van der Waals surface area contributed by atoms with Gasteiger partial charge in [-0.3, -0.25) is 5.32 Å². The van der Waals surface area contributed by atoms with Crippen molar-refractivity contribution in [3.05, 3.63) is 23.4 Å². The largest absolute Gasteiger partial charge is 0.289 e. The van der Waals surface area contributed by atoms with Crippen molar-refractivity contribution in [3.63, 3.8) is 0 Å². The maximum Gasteiger partial charge on any atom is 0.0600 e. The predicted molar refractivity (Wildman–Crippen MR) is 34.5 cm³/mol. The van der Waals surface area contributed by atoms with Crippen molar-refractivity contribution in [1.82, 2.24) is 5.32 Å². The van der Waals surface area contributed by atoms with Crippen molar-refractivity contribution < 1.29 is 0 Å². The number of hydrogen-bond acceptors (Lipinski definition) is 0. The summed E-state index contributed by atoms with van der Waals surface area (Å²) in [7, 11) is 0. The van der Waals surface area contributed by atoms with Gasteiger partial charge in [-0.05, 0) is 19.4 Å². The fourth-order valence-electron chi connectivity index (χ4n) is 0.805. The lowest BCUT2D eigenvalue weighted by atomic mass is 10.1. The summed E-state index contributed by atoms with van der Waals surface area (Å²) in [5, 5.41) is 4.11. The summed E-state index contributed by atoms with van der Waals surface area (Å²) in [4.78, 5) is 0. The first-order valence-electron chi connectivity index (χ1n) is 2.79. The molecule has 0 atom stereocenters. The van der Waals surface area contributed by atoms with Crippen LogP contribution in [0.15, 0.2) is 23.4 Å². The maximum atomic E-state index is 4.11. The molecule has 0 amide bonds. The number of hydrogen-bond donors (Lipinski definition) is 0. The summed E-state index contributed by atoms with van der Waals surface area (Å²) in [6, 6.07) is 0. The van der Waals surface area contributed by atoms with Crippen LogP contribution in [0.1, 0.15) is 13.8 Å². The Bertz CT molecular complexity index is 142. The van der Waals surface area contributed by atoms with Crippen molar-refractivity contribution in [2.24, 2.45) is 0 Å². The van der Waals surface area contributed by atoms with E-state index < -0.39 is 0 Å². The highest BCUT2D eigenvalue weighted by Crippen LogP contribution is 2.04. The molecule has 0 bridgehead atoms. The fourth-order valence-corrected chi connectivity index (χ4v) is 0.805. The zero-order valence-electron chi connectivity index (χ0n) is 5.31. The minimum Gasteiger partial charge on any atom is -0.289 e. The highest BCUT2D eigenvalue weighted by atomic mass is 14.8. The van der Waals surface area contributed by atoms with Crippen LogP contribution in [0.3, 0.4) is 0 Å². The van der Waals surface area contributed by atoms with Crippen LogP contribution >= 0.6 is 0 Å². The molecule has 1 rings (SSSR count). The third-order valence-corrected chi connectivity index (χ3v) is 1.11. The van der Waals surface area contributed by atoms with Crippen LogP contribution < -0.4 is 5.32 Å². The van der Waals surface area contributed by atoms with E-state index in [2.05, 4.69) is 25.2 Å². The highest BCUT2D eigenvalue weighted by Gasteiger charge is 1.94. The Morgan fingerprint density at radius 3 is 2.62 bits per heavy atom. The van der Waals surface area contributed by atoms with Crippen LogP contribution in [0.4, 0.5) is 0 Å². The standard InChI is InChI=1S/C7H10N/c1-6-3-7(2)5-8-4-6/h3-4H,5H2,1-2H3. The van der Waals surface area contributed by atoms with Crippen molar-refractivity contribution in [3.8, 4) is 0 Å². The quantitative estimate of drug-likeness (QED) is 0.446. The monoisotopic (exact) mass is 108 g/mol. The second-order valence-electron chi connectivity index (χ2n) is 2.20. The van der Waals surface area contributed by atoms with Gasteiger partial charge in [-0.2, -0.15) is 0 Å². The second-order valence-corrected chi connectivity index (χ2v) is 2.20. The van der Waals surface area contributed by atoms with Crippen LogP contribution in [0, 0.1) is 0 Å². The summed E-state index contributed by atoms with van der Waals surface area (Å²) in [6.07, 6.45) is 4.07. The molecule has 0 aromatic rings. The average molecular weight is 108 g/mol. The van der Waals surface area contributed by atoms with Crippen molar-refractivity contribution in [1.29, 1.82) is 0 Å². The molecule has 0 aromatic heterocycles. The smallest absolute Gasteiger partial charge is 0.0600 e. The highest BCUT2D eigenvalue weighted by molar-refractivity contribution is 5.24. The second kappa shape index (κ2) is 2.03. The molecule has 43 valence electrons. The molecule has 0 N–H and O–H groups in total. The lowest BCUT2D eigenvalue weighted by molar-refractivity contribution is 0.888. The molecule has 0 spiro atoms. The van der Waals surface area contributed by atoms with Crippen LogP contribution in [0.2, 0.25) is 0 Å². The van der Waals surface area contributed by atoms with E-state index >= 15 is 0 Å². The summed E-state index contributed by atoms with van der Waals surface area (Å²) in [5.74, 6) is 0. The van der Waals surface area contributed by atoms with Gasteiger partial charge in [0.25, 0.3) is 0 Å². The van der Waals surface area contributed by atoms with Gasteiger partial charge < -0.3 is 0 Å². The number of rotatable bonds is 0. The molecule has 1 nitrogen and oxygen atoms in total. The zero-order chi connectivity index (χ0) is 5.98. The number of nitrogens with zero attached hydrogens (tertiary/aromatic N) is 1. The van der Waals surface area contributed by atoms with Gasteiger partial charge in [-0.1, -0.05) is 11.6 Å².